The van der Waals surface area contributed by atoms with Crippen molar-refractivity contribution in [2.24, 2.45) is 0 Å². The molecule has 2 N–H and O–H groups in total. The molecule has 2 aliphatic rings. The topological polar surface area (TPSA) is 95.9 Å². The van der Waals surface area contributed by atoms with E-state index in [0.717, 1.165) is 17.1 Å². The van der Waals surface area contributed by atoms with E-state index in [9.17, 15) is 13.2 Å². The summed E-state index contributed by atoms with van der Waals surface area (Å²) in [5.41, 5.74) is 0. The fraction of sp³-hybridized carbons (Fsp3) is 0.900. The molecule has 0 saturated carbocycles. The van der Waals surface area contributed by atoms with Gasteiger partial charge in [-0.05, 0) is 12.8 Å². The number of rotatable bonds is 4. The minimum Gasteiger partial charge on any atom is -0.480 e. The molecule has 2 fully saturated rings. The fourth-order valence-electron chi connectivity index (χ4n) is 2.34. The SMILES string of the molecule is O=C(O)C1CNCCN1S(=O)(=O)CC1CCCO1. The highest BCUT2D eigenvalue weighted by Gasteiger charge is 2.38. The van der Waals surface area contributed by atoms with Crippen LogP contribution in [-0.2, 0) is 19.6 Å². The molecule has 2 rings (SSSR count). The van der Waals surface area contributed by atoms with Crippen molar-refractivity contribution in [3.8, 4) is 0 Å². The van der Waals surface area contributed by atoms with E-state index in [1.807, 2.05) is 0 Å². The van der Waals surface area contributed by atoms with E-state index in [0.29, 0.717) is 13.2 Å². The van der Waals surface area contributed by atoms with Crippen molar-refractivity contribution < 1.29 is 23.1 Å². The molecule has 2 aliphatic heterocycles. The van der Waals surface area contributed by atoms with Gasteiger partial charge in [-0.25, -0.2) is 8.42 Å². The first kappa shape index (κ1) is 13.7. The van der Waals surface area contributed by atoms with Crippen LogP contribution in [0.3, 0.4) is 0 Å². The Morgan fingerprint density at radius 1 is 1.50 bits per heavy atom. The summed E-state index contributed by atoms with van der Waals surface area (Å²) in [6, 6.07) is -1.01. The lowest BCUT2D eigenvalue weighted by Gasteiger charge is -2.33. The van der Waals surface area contributed by atoms with Gasteiger partial charge in [0.05, 0.1) is 11.9 Å². The molecule has 0 aliphatic carbocycles. The van der Waals surface area contributed by atoms with Crippen LogP contribution in [0.1, 0.15) is 12.8 Å². The second-order valence-corrected chi connectivity index (χ2v) is 6.55. The minimum absolute atomic E-state index is 0.114. The number of nitrogens with one attached hydrogen (secondary N) is 1. The summed E-state index contributed by atoms with van der Waals surface area (Å²) in [6.45, 7) is 1.42. The van der Waals surface area contributed by atoms with Gasteiger partial charge in [-0.1, -0.05) is 0 Å². The van der Waals surface area contributed by atoms with Crippen molar-refractivity contribution in [3.63, 3.8) is 0 Å². The third-order valence-electron chi connectivity index (χ3n) is 3.26. The molecular weight excluding hydrogens is 260 g/mol. The molecule has 0 aromatic carbocycles. The van der Waals surface area contributed by atoms with Crippen LogP contribution in [0.15, 0.2) is 0 Å². The van der Waals surface area contributed by atoms with Crippen LogP contribution in [-0.4, -0.2) is 67.9 Å². The largest absolute Gasteiger partial charge is 0.480 e. The number of nitrogens with zero attached hydrogens (tertiary/aromatic N) is 1. The zero-order chi connectivity index (χ0) is 13.2. The molecule has 7 nitrogen and oxygen atoms in total. The van der Waals surface area contributed by atoms with Crippen molar-refractivity contribution in [2.45, 2.75) is 25.0 Å². The number of carboxylic acid groups (broad SMARTS) is 1. The van der Waals surface area contributed by atoms with Crippen molar-refractivity contribution in [3.05, 3.63) is 0 Å². The third kappa shape index (κ3) is 3.00. The molecule has 8 heteroatoms. The Morgan fingerprint density at radius 2 is 2.28 bits per heavy atom. The number of ether oxygens (including phenoxy) is 1. The molecule has 2 unspecified atom stereocenters. The van der Waals surface area contributed by atoms with Gasteiger partial charge >= 0.3 is 5.97 Å². The molecule has 2 heterocycles. The van der Waals surface area contributed by atoms with Crippen LogP contribution in [0.25, 0.3) is 0 Å². The molecule has 0 aromatic heterocycles. The first-order valence-corrected chi connectivity index (χ1v) is 7.66. The number of aliphatic carboxylic acids is 1. The Bertz CT molecular complexity index is 404. The maximum atomic E-state index is 12.2. The van der Waals surface area contributed by atoms with E-state index in [4.69, 9.17) is 9.84 Å². The van der Waals surface area contributed by atoms with Gasteiger partial charge in [-0.2, -0.15) is 4.31 Å². The van der Waals surface area contributed by atoms with Crippen molar-refractivity contribution >= 4 is 16.0 Å². The standard InChI is InChI=1S/C10H18N2O5S/c13-10(14)9-6-11-3-4-12(9)18(15,16)7-8-2-1-5-17-8/h8-9,11H,1-7H2,(H,13,14). The number of hydrogen-bond acceptors (Lipinski definition) is 5. The second-order valence-electron chi connectivity index (χ2n) is 4.58. The molecule has 0 spiro atoms. The van der Waals surface area contributed by atoms with Crippen molar-refractivity contribution in [1.82, 2.24) is 9.62 Å². The van der Waals surface area contributed by atoms with Gasteiger partial charge in [0.2, 0.25) is 10.0 Å². The van der Waals surface area contributed by atoms with Crippen LogP contribution in [0.4, 0.5) is 0 Å². The predicted octanol–water partition coefficient (Wildman–Crippen LogP) is -1.15. The monoisotopic (exact) mass is 278 g/mol. The summed E-state index contributed by atoms with van der Waals surface area (Å²) in [7, 11) is -3.57. The van der Waals surface area contributed by atoms with Gasteiger partial charge in [0, 0.05) is 26.2 Å². The van der Waals surface area contributed by atoms with Gasteiger partial charge < -0.3 is 15.2 Å². The van der Waals surface area contributed by atoms with E-state index in [2.05, 4.69) is 5.32 Å². The van der Waals surface area contributed by atoms with Gasteiger partial charge in [-0.3, -0.25) is 4.79 Å². The number of sulfonamides is 1. The summed E-state index contributed by atoms with van der Waals surface area (Å²) in [5, 5.41) is 11.9. The van der Waals surface area contributed by atoms with E-state index in [1.165, 1.54) is 0 Å². The molecule has 2 saturated heterocycles. The molecule has 2 atom stereocenters. The van der Waals surface area contributed by atoms with Gasteiger partial charge in [-0.15, -0.1) is 0 Å². The lowest BCUT2D eigenvalue weighted by molar-refractivity contribution is -0.141. The zero-order valence-electron chi connectivity index (χ0n) is 10.0. The van der Waals surface area contributed by atoms with Crippen LogP contribution in [0, 0.1) is 0 Å². The van der Waals surface area contributed by atoms with Gasteiger partial charge in [0.1, 0.15) is 6.04 Å². The third-order valence-corrected chi connectivity index (χ3v) is 5.20. The van der Waals surface area contributed by atoms with E-state index >= 15 is 0 Å². The Kier molecular flexibility index (Phi) is 4.21. The number of piperazine rings is 1. The zero-order valence-corrected chi connectivity index (χ0v) is 10.9. The Hall–Kier alpha value is -0.700. The Balaban J connectivity index is 2.08. The number of carboxylic acids is 1. The average molecular weight is 278 g/mol. The highest BCUT2D eigenvalue weighted by Crippen LogP contribution is 2.18. The smallest absolute Gasteiger partial charge is 0.323 e. The van der Waals surface area contributed by atoms with E-state index in [1.54, 1.807) is 0 Å². The summed E-state index contributed by atoms with van der Waals surface area (Å²) in [5.74, 6) is -1.23. The average Bonchev–Trinajstić information content (AvgIpc) is 2.81. The lowest BCUT2D eigenvalue weighted by atomic mass is 10.2. The van der Waals surface area contributed by atoms with E-state index in [-0.39, 0.29) is 24.9 Å². The first-order valence-electron chi connectivity index (χ1n) is 6.05. The van der Waals surface area contributed by atoms with Crippen LogP contribution < -0.4 is 5.32 Å². The molecule has 0 bridgehead atoms. The van der Waals surface area contributed by atoms with Crippen LogP contribution in [0.2, 0.25) is 0 Å². The first-order chi connectivity index (χ1) is 8.50. The van der Waals surface area contributed by atoms with Crippen LogP contribution in [0.5, 0.6) is 0 Å². The summed E-state index contributed by atoms with van der Waals surface area (Å²) >= 11 is 0. The molecule has 0 aromatic rings. The second kappa shape index (κ2) is 5.52. The lowest BCUT2D eigenvalue weighted by Crippen LogP contribution is -2.57. The van der Waals surface area contributed by atoms with Gasteiger partial charge in [0.25, 0.3) is 0 Å². The summed E-state index contributed by atoms with van der Waals surface area (Å²) in [4.78, 5) is 11.1. The maximum absolute atomic E-state index is 12.2. The molecule has 0 radical (unpaired) electrons. The predicted molar refractivity (Wildman–Crippen MR) is 63.8 cm³/mol. The molecule has 18 heavy (non-hydrogen) atoms. The highest BCUT2D eigenvalue weighted by molar-refractivity contribution is 7.89. The van der Waals surface area contributed by atoms with Crippen molar-refractivity contribution in [2.75, 3.05) is 32.0 Å². The number of hydrogen-bond donors (Lipinski definition) is 2. The summed E-state index contributed by atoms with van der Waals surface area (Å²) < 4.78 is 30.8. The normalized spacial score (nSPS) is 30.4. The highest BCUT2D eigenvalue weighted by atomic mass is 32.2. The Morgan fingerprint density at radius 3 is 2.89 bits per heavy atom. The molecule has 0 amide bonds. The minimum atomic E-state index is -3.57. The summed E-state index contributed by atoms with van der Waals surface area (Å²) in [6.07, 6.45) is 1.30. The molecular formula is C10H18N2O5S. The fourth-order valence-corrected chi connectivity index (χ4v) is 4.18. The van der Waals surface area contributed by atoms with E-state index < -0.39 is 22.0 Å². The maximum Gasteiger partial charge on any atom is 0.323 e. The van der Waals surface area contributed by atoms with Crippen molar-refractivity contribution in [1.29, 1.82) is 0 Å². The van der Waals surface area contributed by atoms with Crippen LogP contribution >= 0.6 is 0 Å². The Labute approximate surface area is 106 Å². The number of carbonyl (C=O) groups is 1. The quantitative estimate of drug-likeness (QED) is 0.674. The molecule has 104 valence electrons. The van der Waals surface area contributed by atoms with Gasteiger partial charge in [0.15, 0.2) is 0 Å².